The Morgan fingerprint density at radius 2 is 1.73 bits per heavy atom. The van der Waals surface area contributed by atoms with Gasteiger partial charge in [-0.2, -0.15) is 0 Å². The molecule has 0 spiro atoms. The molecule has 0 radical (unpaired) electrons. The zero-order valence-electron chi connectivity index (χ0n) is 13.8. The van der Waals surface area contributed by atoms with E-state index in [2.05, 4.69) is 0 Å². The Morgan fingerprint density at radius 3 is 2.23 bits per heavy atom. The minimum atomic E-state index is -2.05. The number of aliphatic hydroxyl groups is 6. The molecule has 0 bridgehead atoms. The number of esters is 1. The van der Waals surface area contributed by atoms with Gasteiger partial charge in [0.15, 0.2) is 6.29 Å². The number of halogens is 1. The molecule has 0 aromatic carbocycles. The summed E-state index contributed by atoms with van der Waals surface area (Å²) in [4.78, 5) is 10.9. The van der Waals surface area contributed by atoms with Crippen molar-refractivity contribution in [2.24, 2.45) is 0 Å². The second-order valence-corrected chi connectivity index (χ2v) is 6.42. The van der Waals surface area contributed by atoms with Gasteiger partial charge in [-0.15, -0.1) is 11.6 Å². The molecule has 0 saturated carbocycles. The van der Waals surface area contributed by atoms with Crippen molar-refractivity contribution in [3.8, 4) is 0 Å². The van der Waals surface area contributed by atoms with Gasteiger partial charge in [0.2, 0.25) is 5.79 Å². The maximum atomic E-state index is 10.9. The molecule has 0 aromatic rings. The van der Waals surface area contributed by atoms with E-state index in [-0.39, 0.29) is 0 Å². The van der Waals surface area contributed by atoms with Crippen molar-refractivity contribution in [1.29, 1.82) is 0 Å². The van der Waals surface area contributed by atoms with Crippen LogP contribution in [0.3, 0.4) is 0 Å². The average molecular weight is 403 g/mol. The summed E-state index contributed by atoms with van der Waals surface area (Å²) in [5, 5.41) is 59.2. The topological polar surface area (TPSA) is 175 Å². The normalized spacial score (nSPS) is 46.3. The molecule has 12 heteroatoms. The van der Waals surface area contributed by atoms with Crippen LogP contribution in [-0.4, -0.2) is 111 Å². The molecule has 26 heavy (non-hydrogen) atoms. The largest absolute Gasteiger partial charge is 0.463 e. The summed E-state index contributed by atoms with van der Waals surface area (Å²) < 4.78 is 20.8. The van der Waals surface area contributed by atoms with Crippen molar-refractivity contribution in [3.63, 3.8) is 0 Å². The lowest BCUT2D eigenvalue weighted by molar-refractivity contribution is -0.372. The summed E-state index contributed by atoms with van der Waals surface area (Å²) in [6.07, 6.45) is -12.4. The average Bonchev–Trinajstić information content (AvgIpc) is 2.86. The lowest BCUT2D eigenvalue weighted by atomic mass is 9.99. The van der Waals surface area contributed by atoms with Crippen LogP contribution >= 0.6 is 11.6 Å². The van der Waals surface area contributed by atoms with Crippen LogP contribution in [0, 0.1) is 0 Å². The Bertz CT molecular complexity index is 494. The quantitative estimate of drug-likeness (QED) is 0.191. The molecule has 0 unspecified atom stereocenters. The van der Waals surface area contributed by atoms with Crippen LogP contribution in [0.4, 0.5) is 0 Å². The standard InChI is InChI=1S/C14H23ClO11/c1-5(17)23-3-7-8(18)10(20)11(21)13(24-7)26-14(4-15)12(22)9(19)6(2-16)25-14/h6-13,16,18-22H,2-4H2,1H3/t6-,7-,8-,9-,10+,11-,12+,13-,14+/m1/s1. The van der Waals surface area contributed by atoms with E-state index >= 15 is 0 Å². The monoisotopic (exact) mass is 402 g/mol. The lowest BCUT2D eigenvalue weighted by Gasteiger charge is -2.43. The number of carbonyl (C=O) groups is 1. The molecule has 2 heterocycles. The van der Waals surface area contributed by atoms with Crippen LogP contribution in [0.1, 0.15) is 6.92 Å². The molecule has 2 aliphatic rings. The molecule has 2 fully saturated rings. The van der Waals surface area contributed by atoms with Gasteiger partial charge in [0.1, 0.15) is 49.3 Å². The molecule has 2 saturated heterocycles. The summed E-state index contributed by atoms with van der Waals surface area (Å²) in [6.45, 7) is 0.0696. The second-order valence-electron chi connectivity index (χ2n) is 6.15. The molecule has 2 rings (SSSR count). The number of hydrogen-bond donors (Lipinski definition) is 6. The third-order valence-electron chi connectivity index (χ3n) is 4.31. The van der Waals surface area contributed by atoms with Crippen molar-refractivity contribution in [2.45, 2.75) is 61.7 Å². The number of alkyl halides is 1. The van der Waals surface area contributed by atoms with Gasteiger partial charge < -0.3 is 49.6 Å². The Balaban J connectivity index is 2.16. The summed E-state index contributed by atoms with van der Waals surface area (Å²) in [6, 6.07) is 0. The predicted octanol–water partition coefficient (Wildman–Crippen LogP) is -3.58. The van der Waals surface area contributed by atoms with E-state index in [1.807, 2.05) is 0 Å². The third-order valence-corrected chi connectivity index (χ3v) is 4.68. The van der Waals surface area contributed by atoms with E-state index in [1.165, 1.54) is 0 Å². The SMILES string of the molecule is CC(=O)OC[C@H]1O[C@H](O[C@]2(CCl)O[C@H](CO)[C@@H](O)[C@@H]2O)[C@H](O)[C@@H](O)[C@@H]1O. The molecule has 11 nitrogen and oxygen atoms in total. The Hall–Kier alpha value is -0.600. The summed E-state index contributed by atoms with van der Waals surface area (Å²) in [5.41, 5.74) is 0. The number of aliphatic hydroxyl groups excluding tert-OH is 6. The molecule has 152 valence electrons. The minimum absolute atomic E-state index is 0.431. The molecule has 0 aliphatic carbocycles. The number of carbonyl (C=O) groups excluding carboxylic acids is 1. The van der Waals surface area contributed by atoms with Gasteiger partial charge in [0.25, 0.3) is 0 Å². The third kappa shape index (κ3) is 4.12. The first-order valence-electron chi connectivity index (χ1n) is 7.88. The van der Waals surface area contributed by atoms with E-state index in [9.17, 15) is 35.4 Å². The van der Waals surface area contributed by atoms with E-state index in [0.29, 0.717) is 0 Å². The van der Waals surface area contributed by atoms with Crippen molar-refractivity contribution in [1.82, 2.24) is 0 Å². The van der Waals surface area contributed by atoms with E-state index in [0.717, 1.165) is 6.92 Å². The first-order chi connectivity index (χ1) is 12.2. The van der Waals surface area contributed by atoms with Gasteiger partial charge in [-0.05, 0) is 0 Å². The highest BCUT2D eigenvalue weighted by Gasteiger charge is 2.58. The number of hydrogen-bond acceptors (Lipinski definition) is 11. The molecule has 6 N–H and O–H groups in total. The maximum Gasteiger partial charge on any atom is 0.302 e. The highest BCUT2D eigenvalue weighted by atomic mass is 35.5. The van der Waals surface area contributed by atoms with Crippen LogP contribution in [-0.2, 0) is 23.7 Å². The fourth-order valence-electron chi connectivity index (χ4n) is 2.79. The van der Waals surface area contributed by atoms with Crippen molar-refractivity contribution >= 4 is 17.6 Å². The van der Waals surface area contributed by atoms with Crippen LogP contribution < -0.4 is 0 Å². The zero-order valence-corrected chi connectivity index (χ0v) is 14.6. The summed E-state index contributed by atoms with van der Waals surface area (Å²) in [5.74, 6) is -3.21. The van der Waals surface area contributed by atoms with Crippen LogP contribution in [0.2, 0.25) is 0 Å². The molecule has 0 amide bonds. The fraction of sp³-hybridized carbons (Fsp3) is 0.929. The van der Waals surface area contributed by atoms with Gasteiger partial charge in [0, 0.05) is 6.92 Å². The smallest absolute Gasteiger partial charge is 0.302 e. The molecule has 2 aliphatic heterocycles. The number of rotatable bonds is 6. The maximum absolute atomic E-state index is 10.9. The van der Waals surface area contributed by atoms with Gasteiger partial charge in [0.05, 0.1) is 12.5 Å². The summed E-state index contributed by atoms with van der Waals surface area (Å²) in [7, 11) is 0. The highest BCUT2D eigenvalue weighted by molar-refractivity contribution is 6.18. The molecular weight excluding hydrogens is 380 g/mol. The van der Waals surface area contributed by atoms with Gasteiger partial charge in [-0.25, -0.2) is 0 Å². The molecular formula is C14H23ClO11. The van der Waals surface area contributed by atoms with Gasteiger partial charge in [-0.1, -0.05) is 0 Å². The Morgan fingerprint density at radius 1 is 1.08 bits per heavy atom. The summed E-state index contributed by atoms with van der Waals surface area (Å²) >= 11 is 5.80. The first kappa shape index (κ1) is 21.7. The Labute approximate surface area is 153 Å². The predicted molar refractivity (Wildman–Crippen MR) is 81.8 cm³/mol. The second kappa shape index (κ2) is 8.61. The number of ether oxygens (including phenoxy) is 4. The van der Waals surface area contributed by atoms with E-state index < -0.39 is 79.9 Å². The van der Waals surface area contributed by atoms with Crippen LogP contribution in [0.15, 0.2) is 0 Å². The minimum Gasteiger partial charge on any atom is -0.463 e. The highest BCUT2D eigenvalue weighted by Crippen LogP contribution is 2.37. The van der Waals surface area contributed by atoms with Crippen LogP contribution in [0.25, 0.3) is 0 Å². The first-order valence-corrected chi connectivity index (χ1v) is 8.42. The van der Waals surface area contributed by atoms with Crippen LogP contribution in [0.5, 0.6) is 0 Å². The Kier molecular flexibility index (Phi) is 7.18. The van der Waals surface area contributed by atoms with Gasteiger partial charge in [-0.3, -0.25) is 4.79 Å². The van der Waals surface area contributed by atoms with E-state index in [4.69, 9.17) is 30.5 Å². The van der Waals surface area contributed by atoms with Crippen molar-refractivity contribution in [2.75, 3.05) is 19.1 Å². The molecule has 0 aromatic heterocycles. The zero-order chi connectivity index (χ0) is 19.6. The fourth-order valence-corrected chi connectivity index (χ4v) is 3.08. The lowest BCUT2D eigenvalue weighted by Crippen LogP contribution is -2.62. The van der Waals surface area contributed by atoms with Crippen molar-refractivity contribution < 1.29 is 54.4 Å². The molecule has 9 atom stereocenters. The van der Waals surface area contributed by atoms with Crippen molar-refractivity contribution in [3.05, 3.63) is 0 Å². The van der Waals surface area contributed by atoms with Gasteiger partial charge >= 0.3 is 5.97 Å². The van der Waals surface area contributed by atoms with E-state index in [1.54, 1.807) is 0 Å².